The van der Waals surface area contributed by atoms with Gasteiger partial charge in [-0.1, -0.05) is 30.3 Å². The van der Waals surface area contributed by atoms with Crippen LogP contribution in [0.1, 0.15) is 23.6 Å². The third-order valence-electron chi connectivity index (χ3n) is 2.94. The molecule has 0 aromatic heterocycles. The molecule has 94 valence electrons. The molecule has 0 amide bonds. The van der Waals surface area contributed by atoms with Crippen LogP contribution in [0.2, 0.25) is 0 Å². The van der Waals surface area contributed by atoms with Crippen LogP contribution in [-0.4, -0.2) is 0 Å². The molecule has 0 radical (unpaired) electrons. The molecule has 2 aromatic carbocycles. The summed E-state index contributed by atoms with van der Waals surface area (Å²) in [5.74, 6) is -0.904. The molecule has 0 spiro atoms. The van der Waals surface area contributed by atoms with Crippen LogP contribution < -0.4 is 5.73 Å². The number of hydrogen-bond donors (Lipinski definition) is 1. The van der Waals surface area contributed by atoms with E-state index in [0.717, 1.165) is 24.1 Å². The average molecular weight is 247 g/mol. The lowest BCUT2D eigenvalue weighted by atomic mass is 9.99. The van der Waals surface area contributed by atoms with Crippen molar-refractivity contribution in [1.29, 1.82) is 0 Å². The first-order valence-electron chi connectivity index (χ1n) is 5.91. The van der Waals surface area contributed by atoms with Crippen molar-refractivity contribution in [2.24, 2.45) is 5.73 Å². The highest BCUT2D eigenvalue weighted by atomic mass is 19.1. The van der Waals surface area contributed by atoms with Crippen molar-refractivity contribution >= 4 is 0 Å². The van der Waals surface area contributed by atoms with E-state index in [4.69, 9.17) is 5.73 Å². The molecule has 2 rings (SSSR count). The maximum atomic E-state index is 13.5. The number of halogens is 2. The number of benzene rings is 2. The molecule has 0 fully saturated rings. The van der Waals surface area contributed by atoms with E-state index >= 15 is 0 Å². The van der Waals surface area contributed by atoms with E-state index in [2.05, 4.69) is 0 Å². The molecule has 0 saturated carbocycles. The van der Waals surface area contributed by atoms with E-state index in [0.29, 0.717) is 6.42 Å². The molecule has 1 atom stereocenters. The molecule has 18 heavy (non-hydrogen) atoms. The van der Waals surface area contributed by atoms with Gasteiger partial charge in [-0.25, -0.2) is 8.78 Å². The highest BCUT2D eigenvalue weighted by molar-refractivity contribution is 5.23. The van der Waals surface area contributed by atoms with E-state index in [1.54, 1.807) is 0 Å². The lowest BCUT2D eigenvalue weighted by Crippen LogP contribution is -2.13. The second-order valence-electron chi connectivity index (χ2n) is 4.30. The zero-order valence-corrected chi connectivity index (χ0v) is 9.94. The number of aryl methyl sites for hydroxylation is 1. The Balaban J connectivity index is 2.03. The molecule has 3 heteroatoms. The number of hydrogen-bond acceptors (Lipinski definition) is 1. The fourth-order valence-electron chi connectivity index (χ4n) is 1.92. The Morgan fingerprint density at radius 3 is 2.44 bits per heavy atom. The maximum Gasteiger partial charge on any atom is 0.128 e. The molecule has 2 aromatic rings. The Kier molecular flexibility index (Phi) is 4.05. The van der Waals surface area contributed by atoms with Gasteiger partial charge < -0.3 is 5.73 Å². The number of rotatable bonds is 4. The van der Waals surface area contributed by atoms with E-state index in [1.807, 2.05) is 30.3 Å². The second kappa shape index (κ2) is 5.74. The standard InChI is InChI=1S/C15H15F2N/c16-12-7-8-14(17)13(10-12)15(18)9-6-11-4-2-1-3-5-11/h1-5,7-8,10,15H,6,9,18H2. The topological polar surface area (TPSA) is 26.0 Å². The molecule has 0 heterocycles. The van der Waals surface area contributed by atoms with Crippen LogP contribution in [-0.2, 0) is 6.42 Å². The van der Waals surface area contributed by atoms with Crippen LogP contribution in [0.25, 0.3) is 0 Å². The normalized spacial score (nSPS) is 12.4. The van der Waals surface area contributed by atoms with E-state index in [-0.39, 0.29) is 5.56 Å². The minimum absolute atomic E-state index is 0.242. The fraction of sp³-hybridized carbons (Fsp3) is 0.200. The molecular formula is C15H15F2N. The molecular weight excluding hydrogens is 232 g/mol. The molecule has 2 N–H and O–H groups in total. The van der Waals surface area contributed by atoms with E-state index in [9.17, 15) is 8.78 Å². The zero-order chi connectivity index (χ0) is 13.0. The molecule has 1 nitrogen and oxygen atoms in total. The highest BCUT2D eigenvalue weighted by Gasteiger charge is 2.12. The predicted octanol–water partition coefficient (Wildman–Crippen LogP) is 3.60. The third kappa shape index (κ3) is 3.14. The van der Waals surface area contributed by atoms with Gasteiger partial charge in [0.05, 0.1) is 0 Å². The summed E-state index contributed by atoms with van der Waals surface area (Å²) < 4.78 is 26.5. The maximum absolute atomic E-state index is 13.5. The van der Waals surface area contributed by atoms with Gasteiger partial charge in [0.1, 0.15) is 11.6 Å². The van der Waals surface area contributed by atoms with Crippen molar-refractivity contribution in [3.05, 3.63) is 71.3 Å². The van der Waals surface area contributed by atoms with Gasteiger partial charge in [-0.3, -0.25) is 0 Å². The Bertz CT molecular complexity index is 511. The Morgan fingerprint density at radius 1 is 1.00 bits per heavy atom. The van der Waals surface area contributed by atoms with Crippen LogP contribution in [0.15, 0.2) is 48.5 Å². The highest BCUT2D eigenvalue weighted by Crippen LogP contribution is 2.20. The summed E-state index contributed by atoms with van der Waals surface area (Å²) in [7, 11) is 0. The van der Waals surface area contributed by atoms with Crippen molar-refractivity contribution in [3.8, 4) is 0 Å². The first-order valence-corrected chi connectivity index (χ1v) is 5.91. The molecule has 0 saturated heterocycles. The van der Waals surface area contributed by atoms with Crippen LogP contribution in [0.3, 0.4) is 0 Å². The van der Waals surface area contributed by atoms with Gasteiger partial charge in [0.15, 0.2) is 0 Å². The smallest absolute Gasteiger partial charge is 0.128 e. The van der Waals surface area contributed by atoms with Crippen molar-refractivity contribution in [2.75, 3.05) is 0 Å². The predicted molar refractivity (Wildman–Crippen MR) is 68.0 cm³/mol. The van der Waals surface area contributed by atoms with Crippen molar-refractivity contribution in [3.63, 3.8) is 0 Å². The van der Waals surface area contributed by atoms with Gasteiger partial charge in [-0.05, 0) is 36.6 Å². The summed E-state index contributed by atoms with van der Waals surface area (Å²) in [6.45, 7) is 0. The van der Waals surface area contributed by atoms with E-state index in [1.165, 1.54) is 6.07 Å². The summed E-state index contributed by atoms with van der Waals surface area (Å²) in [5.41, 5.74) is 7.29. The second-order valence-corrected chi connectivity index (χ2v) is 4.30. The monoisotopic (exact) mass is 247 g/mol. The lowest BCUT2D eigenvalue weighted by molar-refractivity contribution is 0.548. The Morgan fingerprint density at radius 2 is 1.72 bits per heavy atom. The first-order chi connectivity index (χ1) is 8.66. The zero-order valence-electron chi connectivity index (χ0n) is 9.94. The fourth-order valence-corrected chi connectivity index (χ4v) is 1.92. The third-order valence-corrected chi connectivity index (χ3v) is 2.94. The van der Waals surface area contributed by atoms with Crippen LogP contribution in [0.5, 0.6) is 0 Å². The quantitative estimate of drug-likeness (QED) is 0.877. The summed E-state index contributed by atoms with van der Waals surface area (Å²) >= 11 is 0. The van der Waals surface area contributed by atoms with Crippen LogP contribution in [0.4, 0.5) is 8.78 Å². The number of nitrogens with two attached hydrogens (primary N) is 1. The van der Waals surface area contributed by atoms with E-state index < -0.39 is 17.7 Å². The Hall–Kier alpha value is -1.74. The van der Waals surface area contributed by atoms with Crippen molar-refractivity contribution in [1.82, 2.24) is 0 Å². The van der Waals surface area contributed by atoms with Crippen molar-refractivity contribution in [2.45, 2.75) is 18.9 Å². The van der Waals surface area contributed by atoms with Crippen LogP contribution in [0, 0.1) is 11.6 Å². The molecule has 0 aliphatic rings. The molecule has 0 bridgehead atoms. The molecule has 0 aliphatic carbocycles. The van der Waals surface area contributed by atoms with Crippen LogP contribution >= 0.6 is 0 Å². The minimum Gasteiger partial charge on any atom is -0.324 e. The van der Waals surface area contributed by atoms with Gasteiger partial charge >= 0.3 is 0 Å². The Labute approximate surface area is 105 Å². The van der Waals surface area contributed by atoms with Gasteiger partial charge in [0, 0.05) is 11.6 Å². The van der Waals surface area contributed by atoms with Gasteiger partial charge in [-0.15, -0.1) is 0 Å². The lowest BCUT2D eigenvalue weighted by Gasteiger charge is -2.13. The van der Waals surface area contributed by atoms with Gasteiger partial charge in [0.2, 0.25) is 0 Å². The SMILES string of the molecule is NC(CCc1ccccc1)c1cc(F)ccc1F. The van der Waals surface area contributed by atoms with Crippen molar-refractivity contribution < 1.29 is 8.78 Å². The largest absolute Gasteiger partial charge is 0.324 e. The van der Waals surface area contributed by atoms with Gasteiger partial charge in [-0.2, -0.15) is 0 Å². The first kappa shape index (κ1) is 12.7. The summed E-state index contributed by atoms with van der Waals surface area (Å²) in [6.07, 6.45) is 1.34. The summed E-state index contributed by atoms with van der Waals surface area (Å²) in [4.78, 5) is 0. The minimum atomic E-state index is -0.485. The van der Waals surface area contributed by atoms with Gasteiger partial charge in [0.25, 0.3) is 0 Å². The summed E-state index contributed by atoms with van der Waals surface area (Å²) in [5, 5.41) is 0. The molecule has 1 unspecified atom stereocenters. The summed E-state index contributed by atoms with van der Waals surface area (Å²) in [6, 6.07) is 12.7. The molecule has 0 aliphatic heterocycles. The average Bonchev–Trinajstić information content (AvgIpc) is 2.40.